The SMILES string of the molecule is CNC(=O)NC(=O)CSC1=NC(=Cc2cccc(Cl)c2Cl)C(=O)N1c1ccc(C)cc1. The average molecular weight is 477 g/mol. The van der Waals surface area contributed by atoms with E-state index in [2.05, 4.69) is 15.6 Å². The molecule has 2 aromatic rings. The summed E-state index contributed by atoms with van der Waals surface area (Å²) in [5.74, 6) is -0.986. The molecule has 2 N–H and O–H groups in total. The molecule has 0 fully saturated rings. The molecular weight excluding hydrogens is 459 g/mol. The number of nitrogens with zero attached hydrogens (tertiary/aromatic N) is 2. The number of carbonyl (C=O) groups is 3. The summed E-state index contributed by atoms with van der Waals surface area (Å²) >= 11 is 13.4. The first-order valence-corrected chi connectivity index (χ1v) is 10.8. The molecule has 0 unspecified atom stereocenters. The first-order chi connectivity index (χ1) is 14.8. The summed E-state index contributed by atoms with van der Waals surface area (Å²) < 4.78 is 0. The van der Waals surface area contributed by atoms with E-state index in [1.54, 1.807) is 36.4 Å². The molecule has 160 valence electrons. The summed E-state index contributed by atoms with van der Waals surface area (Å²) in [6.07, 6.45) is 1.55. The van der Waals surface area contributed by atoms with Gasteiger partial charge in [0.25, 0.3) is 5.91 Å². The molecular formula is C21H18Cl2N4O3S. The second kappa shape index (κ2) is 10.00. The number of anilines is 1. The van der Waals surface area contributed by atoms with Gasteiger partial charge in [-0.25, -0.2) is 9.79 Å². The fourth-order valence-electron chi connectivity index (χ4n) is 2.65. The van der Waals surface area contributed by atoms with E-state index in [0.29, 0.717) is 26.5 Å². The molecule has 0 aliphatic carbocycles. The number of hydrogen-bond donors (Lipinski definition) is 2. The number of imide groups is 1. The Morgan fingerprint density at radius 2 is 1.87 bits per heavy atom. The van der Waals surface area contributed by atoms with Crippen molar-refractivity contribution in [1.82, 2.24) is 10.6 Å². The highest BCUT2D eigenvalue weighted by Gasteiger charge is 2.32. The molecule has 0 spiro atoms. The van der Waals surface area contributed by atoms with Gasteiger partial charge in [0.05, 0.1) is 21.5 Å². The first kappa shape index (κ1) is 22.9. The molecule has 0 saturated heterocycles. The number of thioether (sulfide) groups is 1. The number of carbonyl (C=O) groups excluding carboxylic acids is 3. The summed E-state index contributed by atoms with van der Waals surface area (Å²) in [6, 6.07) is 11.8. The maximum atomic E-state index is 13.2. The van der Waals surface area contributed by atoms with E-state index in [0.717, 1.165) is 17.3 Å². The van der Waals surface area contributed by atoms with Crippen molar-refractivity contribution >= 4 is 69.7 Å². The van der Waals surface area contributed by atoms with Crippen molar-refractivity contribution < 1.29 is 14.4 Å². The molecule has 1 heterocycles. The first-order valence-electron chi connectivity index (χ1n) is 9.10. The smallest absolute Gasteiger partial charge is 0.321 e. The minimum atomic E-state index is -0.610. The van der Waals surface area contributed by atoms with E-state index in [-0.39, 0.29) is 17.4 Å². The van der Waals surface area contributed by atoms with Crippen LogP contribution in [0.3, 0.4) is 0 Å². The van der Waals surface area contributed by atoms with Gasteiger partial charge in [-0.05, 0) is 36.8 Å². The third-order valence-electron chi connectivity index (χ3n) is 4.21. The molecule has 4 amide bonds. The monoisotopic (exact) mass is 476 g/mol. The van der Waals surface area contributed by atoms with Crippen molar-refractivity contribution in [2.75, 3.05) is 17.7 Å². The Balaban J connectivity index is 1.92. The molecule has 10 heteroatoms. The summed E-state index contributed by atoms with van der Waals surface area (Å²) in [4.78, 5) is 42.3. The van der Waals surface area contributed by atoms with Crippen LogP contribution in [0.25, 0.3) is 6.08 Å². The molecule has 1 aliphatic rings. The number of aliphatic imine (C=N–C) groups is 1. The number of amidine groups is 1. The van der Waals surface area contributed by atoms with Crippen LogP contribution in [0, 0.1) is 6.92 Å². The van der Waals surface area contributed by atoms with Crippen LogP contribution in [0.1, 0.15) is 11.1 Å². The Bertz CT molecular complexity index is 1100. The van der Waals surface area contributed by atoms with E-state index in [1.165, 1.54) is 11.9 Å². The van der Waals surface area contributed by atoms with Crippen LogP contribution in [0.2, 0.25) is 10.0 Å². The Morgan fingerprint density at radius 1 is 1.16 bits per heavy atom. The topological polar surface area (TPSA) is 90.9 Å². The molecule has 0 atom stereocenters. The van der Waals surface area contributed by atoms with Crippen LogP contribution < -0.4 is 15.5 Å². The molecule has 1 aliphatic heterocycles. The van der Waals surface area contributed by atoms with Gasteiger partial charge in [0.15, 0.2) is 5.17 Å². The van der Waals surface area contributed by atoms with Crippen LogP contribution in [0.15, 0.2) is 53.2 Å². The van der Waals surface area contributed by atoms with E-state index in [1.807, 2.05) is 19.1 Å². The maximum absolute atomic E-state index is 13.2. The third-order valence-corrected chi connectivity index (χ3v) is 5.98. The predicted octanol–water partition coefficient (Wildman–Crippen LogP) is 4.23. The van der Waals surface area contributed by atoms with Gasteiger partial charge in [0.2, 0.25) is 5.91 Å². The van der Waals surface area contributed by atoms with Crippen molar-refractivity contribution in [2.24, 2.45) is 4.99 Å². The summed E-state index contributed by atoms with van der Waals surface area (Å²) in [5.41, 5.74) is 2.34. The molecule has 31 heavy (non-hydrogen) atoms. The largest absolute Gasteiger partial charge is 0.341 e. The Kier molecular flexibility index (Phi) is 7.37. The number of urea groups is 1. The minimum absolute atomic E-state index is 0.104. The van der Waals surface area contributed by atoms with Crippen LogP contribution in [0.5, 0.6) is 0 Å². The van der Waals surface area contributed by atoms with Crippen LogP contribution in [0.4, 0.5) is 10.5 Å². The third kappa shape index (κ3) is 5.46. The second-order valence-corrected chi connectivity index (χ2v) is 8.19. The zero-order valence-corrected chi connectivity index (χ0v) is 18.9. The van der Waals surface area contributed by atoms with Crippen molar-refractivity contribution in [1.29, 1.82) is 0 Å². The lowest BCUT2D eigenvalue weighted by Crippen LogP contribution is -2.39. The number of aryl methyl sites for hydroxylation is 1. The van der Waals surface area contributed by atoms with Crippen molar-refractivity contribution in [3.8, 4) is 0 Å². The highest BCUT2D eigenvalue weighted by atomic mass is 35.5. The van der Waals surface area contributed by atoms with Gasteiger partial charge in [-0.2, -0.15) is 0 Å². The van der Waals surface area contributed by atoms with E-state index < -0.39 is 11.9 Å². The average Bonchev–Trinajstić information content (AvgIpc) is 3.05. The molecule has 0 saturated carbocycles. The van der Waals surface area contributed by atoms with Gasteiger partial charge in [-0.3, -0.25) is 19.8 Å². The normalized spacial score (nSPS) is 14.6. The van der Waals surface area contributed by atoms with Gasteiger partial charge in [-0.1, -0.05) is 64.8 Å². The Labute approximate surface area is 193 Å². The van der Waals surface area contributed by atoms with Gasteiger partial charge in [-0.15, -0.1) is 0 Å². The molecule has 3 rings (SSSR count). The van der Waals surface area contributed by atoms with Crippen LogP contribution >= 0.6 is 35.0 Å². The number of rotatable bonds is 4. The van der Waals surface area contributed by atoms with Crippen LogP contribution in [-0.2, 0) is 9.59 Å². The number of amides is 4. The minimum Gasteiger partial charge on any atom is -0.341 e. The fourth-order valence-corrected chi connectivity index (χ4v) is 3.82. The van der Waals surface area contributed by atoms with Crippen molar-refractivity contribution in [3.63, 3.8) is 0 Å². The summed E-state index contributed by atoms with van der Waals surface area (Å²) in [6.45, 7) is 1.94. The zero-order valence-electron chi connectivity index (χ0n) is 16.6. The molecule has 0 radical (unpaired) electrons. The molecule has 0 aromatic heterocycles. The fraction of sp³-hybridized carbons (Fsp3) is 0.143. The lowest BCUT2D eigenvalue weighted by molar-refractivity contribution is -0.117. The lowest BCUT2D eigenvalue weighted by Gasteiger charge is -2.17. The van der Waals surface area contributed by atoms with Gasteiger partial charge in [0.1, 0.15) is 5.70 Å². The highest BCUT2D eigenvalue weighted by Crippen LogP contribution is 2.32. The molecule has 7 nitrogen and oxygen atoms in total. The van der Waals surface area contributed by atoms with Crippen molar-refractivity contribution in [2.45, 2.75) is 6.92 Å². The highest BCUT2D eigenvalue weighted by molar-refractivity contribution is 8.14. The predicted molar refractivity (Wildman–Crippen MR) is 126 cm³/mol. The quantitative estimate of drug-likeness (QED) is 0.645. The van der Waals surface area contributed by atoms with E-state index in [4.69, 9.17) is 23.2 Å². The number of halogens is 2. The lowest BCUT2D eigenvalue weighted by atomic mass is 10.2. The van der Waals surface area contributed by atoms with Gasteiger partial charge < -0.3 is 5.32 Å². The van der Waals surface area contributed by atoms with E-state index in [9.17, 15) is 14.4 Å². The Morgan fingerprint density at radius 3 is 2.55 bits per heavy atom. The summed E-state index contributed by atoms with van der Waals surface area (Å²) in [5, 5.41) is 5.47. The number of benzene rings is 2. The number of hydrogen-bond acceptors (Lipinski definition) is 5. The standard InChI is InChI=1S/C21H18Cl2N4O3S/c1-12-6-8-14(9-7-12)27-19(29)16(10-13-4-3-5-15(22)18(13)23)25-21(27)31-11-17(28)26-20(30)24-2/h3-10H,11H2,1-2H3,(H2,24,26,28,30). The van der Waals surface area contributed by atoms with Gasteiger partial charge in [0, 0.05) is 7.05 Å². The molecule has 0 bridgehead atoms. The Hall–Kier alpha value is -2.81. The van der Waals surface area contributed by atoms with Gasteiger partial charge >= 0.3 is 6.03 Å². The molecule has 2 aromatic carbocycles. The second-order valence-electron chi connectivity index (χ2n) is 6.46. The summed E-state index contributed by atoms with van der Waals surface area (Å²) in [7, 11) is 1.41. The van der Waals surface area contributed by atoms with Crippen LogP contribution in [-0.4, -0.2) is 35.8 Å². The van der Waals surface area contributed by atoms with E-state index >= 15 is 0 Å². The number of nitrogens with one attached hydrogen (secondary N) is 2. The zero-order chi connectivity index (χ0) is 22.5. The maximum Gasteiger partial charge on any atom is 0.321 e. The van der Waals surface area contributed by atoms with Crippen molar-refractivity contribution in [3.05, 3.63) is 69.3 Å².